The van der Waals surface area contributed by atoms with Gasteiger partial charge >= 0.3 is 5.97 Å². The summed E-state index contributed by atoms with van der Waals surface area (Å²) in [6, 6.07) is 10.4. The van der Waals surface area contributed by atoms with Crippen LogP contribution in [0.15, 0.2) is 36.4 Å². The highest BCUT2D eigenvalue weighted by atomic mass is 32.1. The van der Waals surface area contributed by atoms with Crippen molar-refractivity contribution in [3.8, 4) is 0 Å². The van der Waals surface area contributed by atoms with Gasteiger partial charge in [-0.1, -0.05) is 24.3 Å². The lowest BCUT2D eigenvalue weighted by Crippen LogP contribution is -2.30. The van der Waals surface area contributed by atoms with Gasteiger partial charge in [0.05, 0.1) is 0 Å². The van der Waals surface area contributed by atoms with Gasteiger partial charge in [-0.05, 0) is 56.5 Å². The first-order valence-electron chi connectivity index (χ1n) is 8.55. The normalized spacial score (nSPS) is 12.0. The zero-order valence-electron chi connectivity index (χ0n) is 15.6. The third-order valence-corrected chi connectivity index (χ3v) is 5.71. The van der Waals surface area contributed by atoms with E-state index >= 15 is 0 Å². The molecule has 140 valence electrons. The number of ether oxygens (including phenoxy) is 1. The molecule has 0 saturated heterocycles. The van der Waals surface area contributed by atoms with Crippen molar-refractivity contribution in [1.29, 1.82) is 0 Å². The molecule has 3 aromatic rings. The summed E-state index contributed by atoms with van der Waals surface area (Å²) in [5.41, 5.74) is 3.10. The second-order valence-corrected chi connectivity index (χ2v) is 7.52. The number of amides is 1. The summed E-state index contributed by atoms with van der Waals surface area (Å²) in [4.78, 5) is 25.3. The third-order valence-electron chi connectivity index (χ3n) is 4.47. The van der Waals surface area contributed by atoms with E-state index in [1.165, 1.54) is 13.0 Å². The first-order chi connectivity index (χ1) is 12.8. The van der Waals surface area contributed by atoms with E-state index in [1.54, 1.807) is 19.1 Å². The molecular formula is C21H20FNO3S. The van der Waals surface area contributed by atoms with E-state index < -0.39 is 18.0 Å². The van der Waals surface area contributed by atoms with Crippen LogP contribution in [0.5, 0.6) is 0 Å². The molecule has 0 fully saturated rings. The van der Waals surface area contributed by atoms with E-state index in [2.05, 4.69) is 5.32 Å². The molecule has 0 aliphatic rings. The number of carbonyl (C=O) groups excluding carboxylic acids is 2. The molecule has 27 heavy (non-hydrogen) atoms. The Balaban J connectivity index is 1.77. The van der Waals surface area contributed by atoms with Crippen molar-refractivity contribution < 1.29 is 18.7 Å². The number of hydrogen-bond donors (Lipinski definition) is 1. The topological polar surface area (TPSA) is 55.4 Å². The number of aryl methyl sites for hydroxylation is 3. The first kappa shape index (κ1) is 19.0. The molecule has 4 nitrogen and oxygen atoms in total. The van der Waals surface area contributed by atoms with Crippen LogP contribution in [0.2, 0.25) is 0 Å². The zero-order valence-corrected chi connectivity index (χ0v) is 16.4. The molecule has 3 rings (SSSR count). The highest BCUT2D eigenvalue weighted by Crippen LogP contribution is 2.33. The van der Waals surface area contributed by atoms with Crippen LogP contribution in [0.1, 0.15) is 33.3 Å². The van der Waals surface area contributed by atoms with Gasteiger partial charge in [0.15, 0.2) is 6.10 Å². The number of thiophene rings is 1. The Morgan fingerprint density at radius 3 is 2.33 bits per heavy atom. The average molecular weight is 385 g/mol. The Hall–Kier alpha value is -2.73. The second-order valence-electron chi connectivity index (χ2n) is 6.47. The van der Waals surface area contributed by atoms with Crippen LogP contribution >= 0.6 is 11.3 Å². The first-order valence-corrected chi connectivity index (χ1v) is 9.37. The van der Waals surface area contributed by atoms with E-state index in [-0.39, 0.29) is 5.82 Å². The number of benzene rings is 2. The number of hydrogen-bond acceptors (Lipinski definition) is 4. The summed E-state index contributed by atoms with van der Waals surface area (Å²) in [7, 11) is 0. The molecule has 0 aliphatic heterocycles. The number of halogens is 1. The minimum atomic E-state index is -0.981. The number of rotatable bonds is 4. The SMILES string of the molecule is Cc1cccc(C)c1NC(=O)[C@H](C)OC(=O)c1sc2cccc(F)c2c1C. The average Bonchev–Trinajstić information content (AvgIpc) is 2.96. The van der Waals surface area contributed by atoms with Crippen molar-refractivity contribution in [2.24, 2.45) is 0 Å². The molecule has 0 unspecified atom stereocenters. The van der Waals surface area contributed by atoms with Crippen LogP contribution < -0.4 is 5.32 Å². The van der Waals surface area contributed by atoms with Crippen molar-refractivity contribution in [3.05, 3.63) is 63.8 Å². The molecule has 2 aromatic carbocycles. The second kappa shape index (κ2) is 7.48. The smallest absolute Gasteiger partial charge is 0.349 e. The molecular weight excluding hydrogens is 365 g/mol. The van der Waals surface area contributed by atoms with E-state index in [1.807, 2.05) is 32.0 Å². The van der Waals surface area contributed by atoms with Gasteiger partial charge in [0.1, 0.15) is 10.7 Å². The lowest BCUT2D eigenvalue weighted by Gasteiger charge is -2.16. The van der Waals surface area contributed by atoms with Gasteiger partial charge in [-0.25, -0.2) is 9.18 Å². The Labute approximate surface area is 161 Å². The predicted octanol–water partition coefficient (Wildman–Crippen LogP) is 5.15. The van der Waals surface area contributed by atoms with E-state index in [0.29, 0.717) is 26.2 Å². The summed E-state index contributed by atoms with van der Waals surface area (Å²) in [6.07, 6.45) is -0.981. The largest absolute Gasteiger partial charge is 0.448 e. The summed E-state index contributed by atoms with van der Waals surface area (Å²) in [6.45, 7) is 6.99. The van der Waals surface area contributed by atoms with Gasteiger partial charge in [-0.15, -0.1) is 11.3 Å². The summed E-state index contributed by atoms with van der Waals surface area (Å²) >= 11 is 1.16. The monoisotopic (exact) mass is 385 g/mol. The minimum Gasteiger partial charge on any atom is -0.448 e. The maximum Gasteiger partial charge on any atom is 0.349 e. The highest BCUT2D eigenvalue weighted by molar-refractivity contribution is 7.21. The molecule has 1 amide bonds. The molecule has 6 heteroatoms. The van der Waals surface area contributed by atoms with Crippen molar-refractivity contribution >= 4 is 39.0 Å². The summed E-state index contributed by atoms with van der Waals surface area (Å²) in [5.74, 6) is -1.41. The number of carbonyl (C=O) groups is 2. The molecule has 0 aliphatic carbocycles. The number of esters is 1. The Bertz CT molecular complexity index is 1020. The molecule has 0 spiro atoms. The van der Waals surface area contributed by atoms with Crippen molar-refractivity contribution in [3.63, 3.8) is 0 Å². The Morgan fingerprint density at radius 2 is 1.70 bits per heavy atom. The molecule has 1 heterocycles. The maximum atomic E-state index is 14.0. The van der Waals surface area contributed by atoms with E-state index in [0.717, 1.165) is 22.5 Å². The number of anilines is 1. The van der Waals surface area contributed by atoms with Gasteiger partial charge in [-0.2, -0.15) is 0 Å². The quantitative estimate of drug-likeness (QED) is 0.632. The van der Waals surface area contributed by atoms with Crippen LogP contribution in [-0.2, 0) is 9.53 Å². The third kappa shape index (κ3) is 3.71. The van der Waals surface area contributed by atoms with Crippen LogP contribution in [0, 0.1) is 26.6 Å². The molecule has 1 atom stereocenters. The summed E-state index contributed by atoms with van der Waals surface area (Å²) in [5, 5.41) is 3.23. The van der Waals surface area contributed by atoms with Crippen LogP contribution in [0.3, 0.4) is 0 Å². The summed E-state index contributed by atoms with van der Waals surface area (Å²) < 4.78 is 20.0. The lowest BCUT2D eigenvalue weighted by atomic mass is 10.1. The van der Waals surface area contributed by atoms with Gasteiger partial charge in [-0.3, -0.25) is 4.79 Å². The van der Waals surface area contributed by atoms with Crippen molar-refractivity contribution in [2.45, 2.75) is 33.8 Å². The maximum absolute atomic E-state index is 14.0. The molecule has 1 N–H and O–H groups in total. The van der Waals surface area contributed by atoms with Crippen molar-refractivity contribution in [1.82, 2.24) is 0 Å². The highest BCUT2D eigenvalue weighted by Gasteiger charge is 2.24. The molecule has 0 radical (unpaired) electrons. The fraction of sp³-hybridized carbons (Fsp3) is 0.238. The number of fused-ring (bicyclic) bond motifs is 1. The predicted molar refractivity (Wildman–Crippen MR) is 106 cm³/mol. The lowest BCUT2D eigenvalue weighted by molar-refractivity contribution is -0.123. The zero-order chi connectivity index (χ0) is 19.7. The van der Waals surface area contributed by atoms with Gasteiger partial charge in [0.25, 0.3) is 5.91 Å². The Morgan fingerprint density at radius 1 is 1.07 bits per heavy atom. The minimum absolute atomic E-state index is 0.307. The van der Waals surface area contributed by atoms with Crippen molar-refractivity contribution in [2.75, 3.05) is 5.32 Å². The fourth-order valence-electron chi connectivity index (χ4n) is 2.95. The number of nitrogens with one attached hydrogen (secondary N) is 1. The van der Waals surface area contributed by atoms with Crippen LogP contribution in [0.4, 0.5) is 10.1 Å². The molecule has 0 saturated carbocycles. The van der Waals surface area contributed by atoms with E-state index in [4.69, 9.17) is 4.74 Å². The number of para-hydroxylation sites is 1. The van der Waals surface area contributed by atoms with Crippen LogP contribution in [-0.4, -0.2) is 18.0 Å². The Kier molecular flexibility index (Phi) is 5.28. The van der Waals surface area contributed by atoms with E-state index in [9.17, 15) is 14.0 Å². The van der Waals surface area contributed by atoms with Gasteiger partial charge in [0, 0.05) is 15.8 Å². The molecule has 0 bridgehead atoms. The molecule has 1 aromatic heterocycles. The standard InChI is InChI=1S/C21H20FNO3S/c1-11-7-5-8-12(2)18(11)23-20(24)14(4)26-21(25)19-13(3)17-15(22)9-6-10-16(17)27-19/h5-10,14H,1-4H3,(H,23,24)/t14-/m0/s1. The fourth-order valence-corrected chi connectivity index (χ4v) is 4.06. The van der Waals surface area contributed by atoms with Crippen LogP contribution in [0.25, 0.3) is 10.1 Å². The van der Waals surface area contributed by atoms with Gasteiger partial charge in [0.2, 0.25) is 0 Å². The van der Waals surface area contributed by atoms with Gasteiger partial charge < -0.3 is 10.1 Å².